The quantitative estimate of drug-likeness (QED) is 0.656. The van der Waals surface area contributed by atoms with E-state index in [1.54, 1.807) is 11.3 Å². The molecule has 0 aliphatic carbocycles. The minimum Gasteiger partial charge on any atom is -0.347 e. The SMILES string of the molecule is CC(=N)C(Cc1cccs1)c1cn2c3c(cccc13)CCC2. The van der Waals surface area contributed by atoms with E-state index in [1.165, 1.54) is 39.7 Å². The molecule has 0 radical (unpaired) electrons. The van der Waals surface area contributed by atoms with Crippen LogP contribution in [0.5, 0.6) is 0 Å². The van der Waals surface area contributed by atoms with Gasteiger partial charge in [0.15, 0.2) is 0 Å². The first-order chi connectivity index (χ1) is 10.7. The first kappa shape index (κ1) is 13.8. The van der Waals surface area contributed by atoms with Gasteiger partial charge in [0.2, 0.25) is 0 Å². The fourth-order valence-corrected chi connectivity index (χ4v) is 4.44. The molecular weight excluding hydrogens is 288 g/mol. The Labute approximate surface area is 134 Å². The number of hydrogen-bond donors (Lipinski definition) is 1. The molecular formula is C19H20N2S. The lowest BCUT2D eigenvalue weighted by Crippen LogP contribution is -2.10. The lowest BCUT2D eigenvalue weighted by molar-refractivity contribution is 0.633. The van der Waals surface area contributed by atoms with E-state index >= 15 is 0 Å². The lowest BCUT2D eigenvalue weighted by Gasteiger charge is -2.15. The molecule has 3 heteroatoms. The number of aromatic nitrogens is 1. The summed E-state index contributed by atoms with van der Waals surface area (Å²) in [6.45, 7) is 3.06. The molecule has 3 aromatic rings. The summed E-state index contributed by atoms with van der Waals surface area (Å²) in [5, 5.41) is 11.8. The normalized spacial score (nSPS) is 15.1. The van der Waals surface area contributed by atoms with E-state index in [2.05, 4.69) is 46.5 Å². The fraction of sp³-hybridized carbons (Fsp3) is 0.316. The Hall–Kier alpha value is -1.87. The highest BCUT2D eigenvalue weighted by Crippen LogP contribution is 2.35. The van der Waals surface area contributed by atoms with Gasteiger partial charge in [0.1, 0.15) is 0 Å². The summed E-state index contributed by atoms with van der Waals surface area (Å²) < 4.78 is 2.41. The molecule has 112 valence electrons. The molecule has 1 aromatic carbocycles. The van der Waals surface area contributed by atoms with Crippen molar-refractivity contribution in [1.29, 1.82) is 5.41 Å². The van der Waals surface area contributed by atoms with Gasteiger partial charge in [-0.25, -0.2) is 0 Å². The standard InChI is InChI=1S/C19H20N2S/c1-13(20)17(11-15-7-4-10-22-15)18-12-21-9-3-6-14-5-2-8-16(18)19(14)21/h2,4-5,7-8,10,12,17,20H,3,6,9,11H2,1H3. The highest BCUT2D eigenvalue weighted by atomic mass is 32.1. The topological polar surface area (TPSA) is 28.8 Å². The number of aryl methyl sites for hydroxylation is 2. The zero-order chi connectivity index (χ0) is 15.1. The van der Waals surface area contributed by atoms with Crippen molar-refractivity contribution in [1.82, 2.24) is 4.57 Å². The Morgan fingerprint density at radius 3 is 3.00 bits per heavy atom. The second-order valence-electron chi connectivity index (χ2n) is 6.21. The van der Waals surface area contributed by atoms with Gasteiger partial charge < -0.3 is 9.98 Å². The van der Waals surface area contributed by atoms with Gasteiger partial charge in [-0.3, -0.25) is 0 Å². The summed E-state index contributed by atoms with van der Waals surface area (Å²) in [5.74, 6) is 0.191. The van der Waals surface area contributed by atoms with Crippen LogP contribution < -0.4 is 0 Å². The van der Waals surface area contributed by atoms with E-state index in [9.17, 15) is 0 Å². The predicted octanol–water partition coefficient (Wildman–Crippen LogP) is 5.01. The van der Waals surface area contributed by atoms with Gasteiger partial charge in [-0.1, -0.05) is 24.3 Å². The zero-order valence-electron chi connectivity index (χ0n) is 12.8. The highest BCUT2D eigenvalue weighted by Gasteiger charge is 2.23. The molecule has 0 spiro atoms. The number of nitrogens with one attached hydrogen (secondary N) is 1. The molecule has 4 rings (SSSR count). The van der Waals surface area contributed by atoms with Crippen LogP contribution >= 0.6 is 11.3 Å². The molecule has 1 aliphatic rings. The van der Waals surface area contributed by atoms with Crippen LogP contribution in [-0.2, 0) is 19.4 Å². The maximum Gasteiger partial charge on any atom is 0.0515 e. The van der Waals surface area contributed by atoms with E-state index in [1.807, 2.05) is 6.92 Å². The van der Waals surface area contributed by atoms with Crippen molar-refractivity contribution in [3.05, 3.63) is 57.9 Å². The molecule has 1 atom stereocenters. The van der Waals surface area contributed by atoms with E-state index in [4.69, 9.17) is 5.41 Å². The van der Waals surface area contributed by atoms with Crippen LogP contribution in [0.3, 0.4) is 0 Å². The van der Waals surface area contributed by atoms with Gasteiger partial charge in [0, 0.05) is 34.6 Å². The Bertz CT molecular complexity index is 827. The van der Waals surface area contributed by atoms with Crippen LogP contribution in [0.2, 0.25) is 0 Å². The van der Waals surface area contributed by atoms with Crippen molar-refractivity contribution in [2.24, 2.45) is 0 Å². The van der Waals surface area contributed by atoms with Crippen LogP contribution in [0, 0.1) is 5.41 Å². The highest BCUT2D eigenvalue weighted by molar-refractivity contribution is 7.09. The molecule has 3 heterocycles. The van der Waals surface area contributed by atoms with Crippen LogP contribution in [0.25, 0.3) is 10.9 Å². The van der Waals surface area contributed by atoms with E-state index < -0.39 is 0 Å². The van der Waals surface area contributed by atoms with Crippen LogP contribution in [0.4, 0.5) is 0 Å². The number of benzene rings is 1. The number of rotatable bonds is 4. The monoisotopic (exact) mass is 308 g/mol. The van der Waals surface area contributed by atoms with Crippen molar-refractivity contribution in [2.45, 2.75) is 38.6 Å². The maximum atomic E-state index is 8.30. The molecule has 22 heavy (non-hydrogen) atoms. The molecule has 2 nitrogen and oxygen atoms in total. The average Bonchev–Trinajstić information content (AvgIpc) is 3.14. The number of nitrogens with zero attached hydrogens (tertiary/aromatic N) is 1. The molecule has 0 saturated heterocycles. The average molecular weight is 308 g/mol. The van der Waals surface area contributed by atoms with E-state index in [-0.39, 0.29) is 5.92 Å². The first-order valence-corrected chi connectivity index (χ1v) is 8.80. The smallest absolute Gasteiger partial charge is 0.0515 e. The number of para-hydroxylation sites is 1. The molecule has 1 aliphatic heterocycles. The summed E-state index contributed by atoms with van der Waals surface area (Å²) in [4.78, 5) is 1.36. The van der Waals surface area contributed by atoms with Crippen LogP contribution in [0.15, 0.2) is 41.9 Å². The van der Waals surface area contributed by atoms with Crippen molar-refractivity contribution in [3.63, 3.8) is 0 Å². The van der Waals surface area contributed by atoms with Gasteiger partial charge in [-0.15, -0.1) is 11.3 Å². The van der Waals surface area contributed by atoms with Crippen molar-refractivity contribution in [3.8, 4) is 0 Å². The zero-order valence-corrected chi connectivity index (χ0v) is 13.6. The minimum atomic E-state index is 0.191. The van der Waals surface area contributed by atoms with Crippen LogP contribution in [-0.4, -0.2) is 10.3 Å². The molecule has 1 N–H and O–H groups in total. The molecule has 1 unspecified atom stereocenters. The van der Waals surface area contributed by atoms with Gasteiger partial charge in [-0.2, -0.15) is 0 Å². The predicted molar refractivity (Wildman–Crippen MR) is 94.4 cm³/mol. The Balaban J connectivity index is 1.85. The summed E-state index contributed by atoms with van der Waals surface area (Å²) in [5.41, 5.74) is 4.96. The summed E-state index contributed by atoms with van der Waals surface area (Å²) in [6.07, 6.45) is 5.65. The van der Waals surface area contributed by atoms with Gasteiger partial charge in [-0.05, 0) is 48.8 Å². The Morgan fingerprint density at radius 2 is 2.23 bits per heavy atom. The largest absolute Gasteiger partial charge is 0.347 e. The third-order valence-electron chi connectivity index (χ3n) is 4.74. The molecule has 0 amide bonds. The molecule has 0 bridgehead atoms. The lowest BCUT2D eigenvalue weighted by atomic mass is 9.90. The van der Waals surface area contributed by atoms with Crippen molar-refractivity contribution in [2.75, 3.05) is 0 Å². The molecule has 2 aromatic heterocycles. The fourth-order valence-electron chi connectivity index (χ4n) is 3.69. The second kappa shape index (κ2) is 5.40. The third-order valence-corrected chi connectivity index (χ3v) is 5.64. The number of thiophene rings is 1. The summed E-state index contributed by atoms with van der Waals surface area (Å²) >= 11 is 1.79. The third kappa shape index (κ3) is 2.20. The second-order valence-corrected chi connectivity index (χ2v) is 7.25. The van der Waals surface area contributed by atoms with Gasteiger partial charge >= 0.3 is 0 Å². The van der Waals surface area contributed by atoms with Crippen molar-refractivity contribution >= 4 is 28.0 Å². The minimum absolute atomic E-state index is 0.191. The maximum absolute atomic E-state index is 8.30. The van der Waals surface area contributed by atoms with Gasteiger partial charge in [0.25, 0.3) is 0 Å². The van der Waals surface area contributed by atoms with E-state index in [0.717, 1.165) is 18.7 Å². The van der Waals surface area contributed by atoms with Crippen molar-refractivity contribution < 1.29 is 0 Å². The van der Waals surface area contributed by atoms with Crippen LogP contribution in [0.1, 0.15) is 35.3 Å². The molecule has 0 saturated carbocycles. The number of hydrogen-bond acceptors (Lipinski definition) is 2. The summed E-state index contributed by atoms with van der Waals surface area (Å²) in [6, 6.07) is 11.0. The van der Waals surface area contributed by atoms with E-state index in [0.29, 0.717) is 0 Å². The Morgan fingerprint density at radius 1 is 1.32 bits per heavy atom. The molecule has 0 fully saturated rings. The van der Waals surface area contributed by atoms with Gasteiger partial charge in [0.05, 0.1) is 5.52 Å². The summed E-state index contributed by atoms with van der Waals surface area (Å²) in [7, 11) is 0. The first-order valence-electron chi connectivity index (χ1n) is 7.92. The Kier molecular flexibility index (Phi) is 3.38.